The summed E-state index contributed by atoms with van der Waals surface area (Å²) >= 11 is 1.71. The van der Waals surface area contributed by atoms with Crippen molar-refractivity contribution >= 4 is 17.2 Å². The summed E-state index contributed by atoms with van der Waals surface area (Å²) in [4.78, 5) is 18.6. The third kappa shape index (κ3) is 7.77. The Bertz CT molecular complexity index is 889. The van der Waals surface area contributed by atoms with Crippen molar-refractivity contribution in [2.24, 2.45) is 5.92 Å². The molecule has 1 aliphatic rings. The molecule has 0 saturated carbocycles. The van der Waals surface area contributed by atoms with E-state index in [9.17, 15) is 14.3 Å². The van der Waals surface area contributed by atoms with Gasteiger partial charge in [-0.2, -0.15) is 0 Å². The summed E-state index contributed by atoms with van der Waals surface area (Å²) in [5, 5.41) is 12.5. The van der Waals surface area contributed by atoms with Crippen molar-refractivity contribution in [3.8, 4) is 5.75 Å². The lowest BCUT2D eigenvalue weighted by molar-refractivity contribution is -0.136. The second kappa shape index (κ2) is 13.2. The Hall–Kier alpha value is -2.00. The van der Waals surface area contributed by atoms with Crippen molar-refractivity contribution in [1.82, 2.24) is 9.80 Å². The second-order valence-electron chi connectivity index (χ2n) is 9.24. The molecule has 3 rings (SSSR count). The Morgan fingerprint density at radius 1 is 1.26 bits per heavy atom. The normalized spacial score (nSPS) is 16.7. The van der Waals surface area contributed by atoms with E-state index in [4.69, 9.17) is 9.47 Å². The van der Waals surface area contributed by atoms with Crippen LogP contribution in [0.4, 0.5) is 4.39 Å². The number of aliphatic hydroxyl groups is 1. The van der Waals surface area contributed by atoms with E-state index in [0.717, 1.165) is 24.9 Å². The predicted octanol–water partition coefficient (Wildman–Crippen LogP) is 4.14. The number of benzene rings is 1. The van der Waals surface area contributed by atoms with E-state index in [2.05, 4.69) is 32.2 Å². The van der Waals surface area contributed by atoms with E-state index < -0.39 is 6.10 Å². The Balaban J connectivity index is 1.64. The van der Waals surface area contributed by atoms with Crippen LogP contribution in [0.3, 0.4) is 0 Å². The van der Waals surface area contributed by atoms with Crippen molar-refractivity contribution in [2.45, 2.75) is 45.8 Å². The largest absolute Gasteiger partial charge is 0.491 e. The molecule has 0 radical (unpaired) electrons. The number of halogens is 1. The minimum absolute atomic E-state index is 0.0216. The topological polar surface area (TPSA) is 62.2 Å². The summed E-state index contributed by atoms with van der Waals surface area (Å²) in [6.07, 6.45) is 1.07. The maximum Gasteiger partial charge on any atom is 0.237 e. The summed E-state index contributed by atoms with van der Waals surface area (Å²) in [7, 11) is 0. The zero-order valence-corrected chi connectivity index (χ0v) is 21.2. The molecule has 1 aromatic heterocycles. The first-order valence-corrected chi connectivity index (χ1v) is 13.0. The quantitative estimate of drug-likeness (QED) is 0.455. The first kappa shape index (κ1) is 26.6. The Morgan fingerprint density at radius 3 is 2.74 bits per heavy atom. The molecular formula is C26H37FN2O4S. The van der Waals surface area contributed by atoms with Crippen LogP contribution in [-0.2, 0) is 16.0 Å². The van der Waals surface area contributed by atoms with Crippen molar-refractivity contribution < 1.29 is 23.8 Å². The number of thiophene rings is 1. The predicted molar refractivity (Wildman–Crippen MR) is 133 cm³/mol. The molecule has 6 nitrogen and oxygen atoms in total. The summed E-state index contributed by atoms with van der Waals surface area (Å²) in [5.41, 5.74) is 1.12. The maximum absolute atomic E-state index is 13.4. The van der Waals surface area contributed by atoms with E-state index in [0.29, 0.717) is 38.0 Å². The average molecular weight is 493 g/mol. The van der Waals surface area contributed by atoms with E-state index in [-0.39, 0.29) is 30.9 Å². The third-order valence-corrected chi connectivity index (χ3v) is 6.76. The number of aliphatic hydroxyl groups excluding tert-OH is 1. The minimum atomic E-state index is -0.638. The number of fused-ring (bicyclic) bond motifs is 1. The molecule has 8 heteroatoms. The van der Waals surface area contributed by atoms with Crippen molar-refractivity contribution in [2.75, 3.05) is 46.0 Å². The van der Waals surface area contributed by atoms with E-state index >= 15 is 0 Å². The monoisotopic (exact) mass is 492 g/mol. The van der Waals surface area contributed by atoms with Gasteiger partial charge in [-0.15, -0.1) is 11.3 Å². The summed E-state index contributed by atoms with van der Waals surface area (Å²) in [6.45, 7) is 9.37. The van der Waals surface area contributed by atoms with Gasteiger partial charge in [-0.3, -0.25) is 9.69 Å². The highest BCUT2D eigenvalue weighted by molar-refractivity contribution is 7.10. The average Bonchev–Trinajstić information content (AvgIpc) is 3.27. The molecular weight excluding hydrogens is 455 g/mol. The van der Waals surface area contributed by atoms with Gasteiger partial charge in [0.1, 0.15) is 18.2 Å². The molecule has 0 spiro atoms. The van der Waals surface area contributed by atoms with Crippen LogP contribution in [0.1, 0.15) is 43.7 Å². The molecule has 0 fully saturated rings. The molecule has 0 saturated heterocycles. The lowest BCUT2D eigenvalue weighted by Gasteiger charge is -2.37. The van der Waals surface area contributed by atoms with E-state index in [1.54, 1.807) is 23.5 Å². The number of carbonyl (C=O) groups is 1. The standard InChI is InChI=1S/C26H37FN2O4S/c1-4-11-28(14-21(30)17-32-16-19(2)3)15-26(31)29-12-9-25-23(10-13-34-25)24(29)18-33-22-7-5-20(27)6-8-22/h5-8,10,13,19,21,24,30H,4,9,11-12,14-18H2,1-3H3/t21-,24-/m0/s1. The first-order chi connectivity index (χ1) is 16.4. The Kier molecular flexibility index (Phi) is 10.3. The van der Waals surface area contributed by atoms with Crippen LogP contribution in [0.5, 0.6) is 5.75 Å². The highest BCUT2D eigenvalue weighted by Gasteiger charge is 2.33. The van der Waals surface area contributed by atoms with Gasteiger partial charge in [-0.1, -0.05) is 20.8 Å². The van der Waals surface area contributed by atoms with E-state index in [1.807, 2.05) is 9.80 Å². The molecule has 0 bridgehead atoms. The zero-order chi connectivity index (χ0) is 24.5. The number of rotatable bonds is 13. The second-order valence-corrected chi connectivity index (χ2v) is 10.2. The van der Waals surface area contributed by atoms with Gasteiger partial charge in [0.05, 0.1) is 25.3 Å². The molecule has 1 aromatic carbocycles. The third-order valence-electron chi connectivity index (χ3n) is 5.77. The Morgan fingerprint density at radius 2 is 2.03 bits per heavy atom. The number of hydrogen-bond donors (Lipinski definition) is 1. The lowest BCUT2D eigenvalue weighted by Crippen LogP contribution is -2.48. The fourth-order valence-corrected chi connectivity index (χ4v) is 5.13. The maximum atomic E-state index is 13.4. The van der Waals surface area contributed by atoms with Gasteiger partial charge in [0.2, 0.25) is 5.91 Å². The van der Waals surface area contributed by atoms with Crippen molar-refractivity contribution in [3.05, 3.63) is 52.0 Å². The first-order valence-electron chi connectivity index (χ1n) is 12.1. The molecule has 1 N–H and O–H groups in total. The molecule has 188 valence electrons. The van der Waals surface area contributed by atoms with Crippen LogP contribution < -0.4 is 4.74 Å². The summed E-state index contributed by atoms with van der Waals surface area (Å²) in [5.74, 6) is 0.701. The van der Waals surface area contributed by atoms with Crippen LogP contribution in [0.15, 0.2) is 35.7 Å². The minimum Gasteiger partial charge on any atom is -0.491 e. The summed E-state index contributed by atoms with van der Waals surface area (Å²) < 4.78 is 24.8. The number of amides is 1. The highest BCUT2D eigenvalue weighted by Crippen LogP contribution is 2.34. The van der Waals surface area contributed by atoms with Gasteiger partial charge in [-0.25, -0.2) is 4.39 Å². The number of nitrogens with zero attached hydrogens (tertiary/aromatic N) is 2. The smallest absolute Gasteiger partial charge is 0.237 e. The molecule has 2 heterocycles. The molecule has 2 atom stereocenters. The van der Waals surface area contributed by atoms with Crippen molar-refractivity contribution in [1.29, 1.82) is 0 Å². The van der Waals surface area contributed by atoms with Crippen LogP contribution in [0, 0.1) is 11.7 Å². The van der Waals surface area contributed by atoms with Gasteiger partial charge in [-0.05, 0) is 66.6 Å². The fraction of sp³-hybridized carbons (Fsp3) is 0.577. The fourth-order valence-electron chi connectivity index (χ4n) is 4.20. The highest BCUT2D eigenvalue weighted by atomic mass is 32.1. The van der Waals surface area contributed by atoms with E-state index in [1.165, 1.54) is 17.0 Å². The number of carbonyl (C=O) groups excluding carboxylic acids is 1. The molecule has 1 aliphatic heterocycles. The molecule has 0 unspecified atom stereocenters. The zero-order valence-electron chi connectivity index (χ0n) is 20.4. The number of ether oxygens (including phenoxy) is 2. The van der Waals surface area contributed by atoms with Crippen LogP contribution in [-0.4, -0.2) is 72.9 Å². The molecule has 2 aromatic rings. The van der Waals surface area contributed by atoms with Crippen LogP contribution in [0.2, 0.25) is 0 Å². The molecule has 34 heavy (non-hydrogen) atoms. The van der Waals surface area contributed by atoms with Gasteiger partial charge in [0, 0.05) is 24.6 Å². The van der Waals surface area contributed by atoms with Gasteiger partial charge >= 0.3 is 0 Å². The SMILES string of the molecule is CCCN(CC(=O)N1CCc2sccc2[C@@H]1COc1ccc(F)cc1)C[C@H](O)COCC(C)C. The Labute approximate surface area is 206 Å². The van der Waals surface area contributed by atoms with Gasteiger partial charge < -0.3 is 19.5 Å². The lowest BCUT2D eigenvalue weighted by atomic mass is 10.0. The summed E-state index contributed by atoms with van der Waals surface area (Å²) in [6, 6.07) is 7.81. The molecule has 0 aliphatic carbocycles. The molecule has 1 amide bonds. The van der Waals surface area contributed by atoms with Gasteiger partial charge in [0.15, 0.2) is 0 Å². The van der Waals surface area contributed by atoms with Crippen molar-refractivity contribution in [3.63, 3.8) is 0 Å². The van der Waals surface area contributed by atoms with Crippen LogP contribution in [0.25, 0.3) is 0 Å². The number of hydrogen-bond acceptors (Lipinski definition) is 6. The van der Waals surface area contributed by atoms with Gasteiger partial charge in [0.25, 0.3) is 0 Å². The van der Waals surface area contributed by atoms with Crippen LogP contribution >= 0.6 is 11.3 Å².